The zero-order valence-corrected chi connectivity index (χ0v) is 8.82. The molecule has 0 N–H and O–H groups in total. The summed E-state index contributed by atoms with van der Waals surface area (Å²) in [5.41, 5.74) is 0. The van der Waals surface area contributed by atoms with Crippen LogP contribution < -0.4 is 0 Å². The van der Waals surface area contributed by atoms with E-state index in [1.807, 2.05) is 0 Å². The van der Waals surface area contributed by atoms with Gasteiger partial charge in [0.05, 0.1) is 0 Å². The third-order valence-corrected chi connectivity index (χ3v) is 1.80. The predicted molar refractivity (Wildman–Crippen MR) is 56.0 cm³/mol. The van der Waals surface area contributed by atoms with Crippen LogP contribution in [-0.2, 0) is 0 Å². The highest BCUT2D eigenvalue weighted by Crippen LogP contribution is 2.04. The van der Waals surface area contributed by atoms with Crippen molar-refractivity contribution >= 4 is 0 Å². The molecule has 0 bridgehead atoms. The van der Waals surface area contributed by atoms with Crippen LogP contribution in [0.5, 0.6) is 0 Å². The molecule has 0 aromatic carbocycles. The summed E-state index contributed by atoms with van der Waals surface area (Å²) < 4.78 is 0. The Kier molecular flexibility index (Phi) is 8.34. The molecule has 0 aromatic heterocycles. The van der Waals surface area contributed by atoms with Crippen LogP contribution >= 0.6 is 0 Å². The smallest absolute Gasteiger partial charge is 0.0146 e. The van der Waals surface area contributed by atoms with E-state index >= 15 is 0 Å². The van der Waals surface area contributed by atoms with Gasteiger partial charge in [-0.3, -0.25) is 0 Å². The Balaban J connectivity index is 3.07. The van der Waals surface area contributed by atoms with Gasteiger partial charge in [-0.2, -0.15) is 0 Å². The molecule has 0 radical (unpaired) electrons. The van der Waals surface area contributed by atoms with Crippen molar-refractivity contribution in [3.63, 3.8) is 0 Å². The number of unbranched alkanes of at least 4 members (excludes halogenated alkanes) is 5. The standard InChI is InChI=1S/C12H22/c1-4-5-6-7-8-9-10-11-12(2)3/h12H,4-9H2,1-3H3. The molecule has 0 nitrogen and oxygen atoms in total. The Labute approximate surface area is 77.8 Å². The first-order valence-electron chi connectivity index (χ1n) is 5.25. The van der Waals surface area contributed by atoms with Gasteiger partial charge in [0.25, 0.3) is 0 Å². The second-order valence-corrected chi connectivity index (χ2v) is 3.64. The highest BCUT2D eigenvalue weighted by Gasteiger charge is 1.86. The Hall–Kier alpha value is -0.440. The number of rotatable bonds is 5. The molecule has 0 spiro atoms. The lowest BCUT2D eigenvalue weighted by Crippen LogP contribution is -1.79. The van der Waals surface area contributed by atoms with E-state index in [0.29, 0.717) is 5.92 Å². The second-order valence-electron chi connectivity index (χ2n) is 3.64. The van der Waals surface area contributed by atoms with Crippen molar-refractivity contribution < 1.29 is 0 Å². The lowest BCUT2D eigenvalue weighted by molar-refractivity contribution is 0.640. The third-order valence-electron chi connectivity index (χ3n) is 1.80. The van der Waals surface area contributed by atoms with Crippen molar-refractivity contribution in [1.82, 2.24) is 0 Å². The van der Waals surface area contributed by atoms with Crippen molar-refractivity contribution in [2.45, 2.75) is 59.3 Å². The summed E-state index contributed by atoms with van der Waals surface area (Å²) in [5, 5.41) is 0. The Morgan fingerprint density at radius 3 is 2.25 bits per heavy atom. The molecule has 0 amide bonds. The van der Waals surface area contributed by atoms with E-state index in [9.17, 15) is 0 Å². The summed E-state index contributed by atoms with van der Waals surface area (Å²) in [6, 6.07) is 0. The maximum Gasteiger partial charge on any atom is 0.0146 e. The number of hydrogen-bond donors (Lipinski definition) is 0. The molecule has 0 atom stereocenters. The van der Waals surface area contributed by atoms with Crippen LogP contribution in [-0.4, -0.2) is 0 Å². The topological polar surface area (TPSA) is 0 Å². The monoisotopic (exact) mass is 166 g/mol. The van der Waals surface area contributed by atoms with Gasteiger partial charge in [-0.25, -0.2) is 0 Å². The summed E-state index contributed by atoms with van der Waals surface area (Å²) in [7, 11) is 0. The molecule has 0 aliphatic rings. The van der Waals surface area contributed by atoms with Crippen molar-refractivity contribution in [2.24, 2.45) is 5.92 Å². The SMILES string of the molecule is CCCCCCCC#CC(C)C. The van der Waals surface area contributed by atoms with Crippen LogP contribution in [0.2, 0.25) is 0 Å². The molecule has 0 aliphatic heterocycles. The van der Waals surface area contributed by atoms with Gasteiger partial charge in [0.15, 0.2) is 0 Å². The van der Waals surface area contributed by atoms with Crippen molar-refractivity contribution in [3.05, 3.63) is 0 Å². The largest absolute Gasteiger partial charge is 0.103 e. The zero-order chi connectivity index (χ0) is 9.23. The fraction of sp³-hybridized carbons (Fsp3) is 0.833. The minimum atomic E-state index is 0.542. The highest BCUT2D eigenvalue weighted by molar-refractivity contribution is 5.00. The fourth-order valence-corrected chi connectivity index (χ4v) is 1.09. The minimum Gasteiger partial charge on any atom is -0.103 e. The lowest BCUT2D eigenvalue weighted by Gasteiger charge is -1.94. The Morgan fingerprint density at radius 2 is 1.67 bits per heavy atom. The first-order chi connectivity index (χ1) is 5.77. The average molecular weight is 166 g/mol. The first-order valence-corrected chi connectivity index (χ1v) is 5.25. The molecule has 0 aliphatic carbocycles. The molecule has 0 saturated carbocycles. The van der Waals surface area contributed by atoms with Crippen LogP contribution in [0.15, 0.2) is 0 Å². The minimum absolute atomic E-state index is 0.542. The molecule has 0 aromatic rings. The average Bonchev–Trinajstić information content (AvgIpc) is 2.02. The molecule has 0 fully saturated rings. The summed E-state index contributed by atoms with van der Waals surface area (Å²) in [6.07, 6.45) is 7.86. The van der Waals surface area contributed by atoms with Crippen LogP contribution in [0.25, 0.3) is 0 Å². The molecule has 0 saturated heterocycles. The predicted octanol–water partition coefficient (Wildman–Crippen LogP) is 4.01. The van der Waals surface area contributed by atoms with E-state index in [4.69, 9.17) is 0 Å². The highest BCUT2D eigenvalue weighted by atomic mass is 13.9. The maximum absolute atomic E-state index is 3.21. The lowest BCUT2D eigenvalue weighted by atomic mass is 10.1. The van der Waals surface area contributed by atoms with Gasteiger partial charge in [-0.1, -0.05) is 46.5 Å². The van der Waals surface area contributed by atoms with E-state index < -0.39 is 0 Å². The quantitative estimate of drug-likeness (QED) is 0.427. The summed E-state index contributed by atoms with van der Waals surface area (Å²) in [5.74, 6) is 6.94. The molecular weight excluding hydrogens is 144 g/mol. The summed E-state index contributed by atoms with van der Waals surface area (Å²) in [6.45, 7) is 6.53. The molecular formula is C12H22. The van der Waals surface area contributed by atoms with Crippen LogP contribution in [0.1, 0.15) is 59.3 Å². The van der Waals surface area contributed by atoms with E-state index in [1.54, 1.807) is 0 Å². The van der Waals surface area contributed by atoms with Gasteiger partial charge < -0.3 is 0 Å². The van der Waals surface area contributed by atoms with Gasteiger partial charge in [-0.05, 0) is 6.42 Å². The van der Waals surface area contributed by atoms with Crippen molar-refractivity contribution in [3.8, 4) is 11.8 Å². The maximum atomic E-state index is 3.21. The van der Waals surface area contributed by atoms with Gasteiger partial charge in [0, 0.05) is 12.3 Å². The molecule has 0 unspecified atom stereocenters. The first kappa shape index (κ1) is 11.6. The van der Waals surface area contributed by atoms with E-state index in [-0.39, 0.29) is 0 Å². The third kappa shape index (κ3) is 9.56. The summed E-state index contributed by atoms with van der Waals surface area (Å²) in [4.78, 5) is 0. The van der Waals surface area contributed by atoms with Gasteiger partial charge in [0.1, 0.15) is 0 Å². The number of hydrogen-bond acceptors (Lipinski definition) is 0. The normalized spacial score (nSPS) is 9.67. The van der Waals surface area contributed by atoms with E-state index in [0.717, 1.165) is 6.42 Å². The fourth-order valence-electron chi connectivity index (χ4n) is 1.09. The van der Waals surface area contributed by atoms with Gasteiger partial charge in [-0.15, -0.1) is 11.8 Å². The van der Waals surface area contributed by atoms with E-state index in [2.05, 4.69) is 32.6 Å². The van der Waals surface area contributed by atoms with Crippen LogP contribution in [0.3, 0.4) is 0 Å². The molecule has 0 heteroatoms. The van der Waals surface area contributed by atoms with Gasteiger partial charge in [0.2, 0.25) is 0 Å². The zero-order valence-electron chi connectivity index (χ0n) is 8.82. The van der Waals surface area contributed by atoms with Crippen molar-refractivity contribution in [1.29, 1.82) is 0 Å². The second kappa shape index (κ2) is 8.65. The molecule has 0 heterocycles. The van der Waals surface area contributed by atoms with E-state index in [1.165, 1.54) is 32.1 Å². The Bertz CT molecular complexity index is 134. The van der Waals surface area contributed by atoms with Crippen molar-refractivity contribution in [2.75, 3.05) is 0 Å². The molecule has 0 rings (SSSR count). The van der Waals surface area contributed by atoms with Crippen LogP contribution in [0.4, 0.5) is 0 Å². The Morgan fingerprint density at radius 1 is 1.00 bits per heavy atom. The van der Waals surface area contributed by atoms with Crippen LogP contribution in [0, 0.1) is 17.8 Å². The molecule has 70 valence electrons. The van der Waals surface area contributed by atoms with Gasteiger partial charge >= 0.3 is 0 Å². The molecule has 12 heavy (non-hydrogen) atoms. The summed E-state index contributed by atoms with van der Waals surface area (Å²) >= 11 is 0.